The lowest BCUT2D eigenvalue weighted by molar-refractivity contribution is -0.187. The largest absolute Gasteiger partial charge is 0.494 e. The number of amides is 1. The number of benzene rings is 3. The summed E-state index contributed by atoms with van der Waals surface area (Å²) >= 11 is 7.63. The molecule has 208 valence electrons. The molecule has 9 heteroatoms. The van der Waals surface area contributed by atoms with Crippen LogP contribution in [0.25, 0.3) is 0 Å². The van der Waals surface area contributed by atoms with Crippen LogP contribution in [0.3, 0.4) is 0 Å². The number of thioether (sulfide) groups is 1. The number of rotatable bonds is 9. The molecule has 3 aromatic carbocycles. The first-order valence-corrected chi connectivity index (χ1v) is 14.1. The van der Waals surface area contributed by atoms with Crippen molar-refractivity contribution in [3.63, 3.8) is 0 Å². The van der Waals surface area contributed by atoms with Gasteiger partial charge < -0.3 is 29.7 Å². The molecule has 0 bridgehead atoms. The minimum absolute atomic E-state index is 0.0556. The lowest BCUT2D eigenvalue weighted by atomic mass is 9.92. The lowest BCUT2D eigenvalue weighted by Crippen LogP contribution is -2.47. The van der Waals surface area contributed by atoms with Crippen molar-refractivity contribution in [3.8, 4) is 5.75 Å². The summed E-state index contributed by atoms with van der Waals surface area (Å²) in [4.78, 5) is 14.4. The maximum absolute atomic E-state index is 12.1. The summed E-state index contributed by atoms with van der Waals surface area (Å²) in [5.41, 5.74) is 2.09. The van der Waals surface area contributed by atoms with Gasteiger partial charge in [-0.05, 0) is 72.5 Å². The second-order valence-electron chi connectivity index (χ2n) is 9.73. The Balaban J connectivity index is 1.47. The van der Waals surface area contributed by atoms with E-state index in [9.17, 15) is 20.1 Å². The van der Waals surface area contributed by atoms with E-state index in [1.54, 1.807) is 50.5 Å². The lowest BCUT2D eigenvalue weighted by Gasteiger charge is -2.39. The molecule has 1 heterocycles. The van der Waals surface area contributed by atoms with Crippen molar-refractivity contribution in [1.82, 2.24) is 4.90 Å². The maximum atomic E-state index is 12.1. The molecule has 5 atom stereocenters. The molecule has 0 spiro atoms. The monoisotopic (exact) mass is 571 g/mol. The molecule has 0 aromatic heterocycles. The van der Waals surface area contributed by atoms with Crippen LogP contribution in [0.4, 0.5) is 0 Å². The fraction of sp³-hybridized carbons (Fsp3) is 0.367. The summed E-state index contributed by atoms with van der Waals surface area (Å²) in [6.45, 7) is 2.54. The molecule has 1 aliphatic heterocycles. The molecule has 1 fully saturated rings. The quantitative estimate of drug-likeness (QED) is 0.253. The van der Waals surface area contributed by atoms with E-state index < -0.39 is 29.9 Å². The number of ether oxygens (including phenoxy) is 2. The molecule has 7 nitrogen and oxygen atoms in total. The number of hydrogen-bond acceptors (Lipinski definition) is 7. The van der Waals surface area contributed by atoms with Gasteiger partial charge >= 0.3 is 0 Å². The maximum Gasteiger partial charge on any atom is 0.253 e. The standard InChI is InChI=1S/C30H34ClNO6S/c1-4-37-22-10-5-18(6-11-22)15-21-16-20(9-14-24(21)31)27-25(33)17-26(34)28(38-27)30(36)39-23-12-7-19(8-13-23)29(35)32(2)3/h5-14,16,25-28,30,33-34,36H,4,15,17H2,1-3H3/t25-,26+,27+,28+,30?/m1/s1. The van der Waals surface area contributed by atoms with Gasteiger partial charge in [0.05, 0.1) is 18.8 Å². The molecular formula is C30H34ClNO6S. The zero-order valence-electron chi connectivity index (χ0n) is 22.2. The fourth-order valence-corrected chi connectivity index (χ4v) is 5.69. The third-order valence-corrected chi connectivity index (χ3v) is 8.01. The van der Waals surface area contributed by atoms with Crippen molar-refractivity contribution in [2.24, 2.45) is 0 Å². The van der Waals surface area contributed by atoms with E-state index in [4.69, 9.17) is 21.1 Å². The van der Waals surface area contributed by atoms with Crippen LogP contribution in [0, 0.1) is 0 Å². The number of carbonyl (C=O) groups is 1. The Morgan fingerprint density at radius 3 is 2.41 bits per heavy atom. The van der Waals surface area contributed by atoms with Crippen molar-refractivity contribution in [1.29, 1.82) is 0 Å². The molecule has 3 aromatic rings. The highest BCUT2D eigenvalue weighted by Crippen LogP contribution is 2.38. The highest BCUT2D eigenvalue weighted by atomic mass is 35.5. The van der Waals surface area contributed by atoms with Gasteiger partial charge in [-0.3, -0.25) is 4.79 Å². The Morgan fingerprint density at radius 1 is 1.08 bits per heavy atom. The number of aliphatic hydroxyl groups is 3. The van der Waals surface area contributed by atoms with E-state index >= 15 is 0 Å². The second kappa shape index (κ2) is 13.2. The zero-order valence-corrected chi connectivity index (χ0v) is 23.7. The minimum Gasteiger partial charge on any atom is -0.494 e. The summed E-state index contributed by atoms with van der Waals surface area (Å²) in [5.74, 6) is 0.693. The smallest absolute Gasteiger partial charge is 0.253 e. The van der Waals surface area contributed by atoms with Gasteiger partial charge in [-0.15, -0.1) is 0 Å². The summed E-state index contributed by atoms with van der Waals surface area (Å²) in [7, 11) is 3.37. The van der Waals surface area contributed by atoms with Crippen molar-refractivity contribution in [2.75, 3.05) is 20.7 Å². The van der Waals surface area contributed by atoms with E-state index in [1.807, 2.05) is 37.3 Å². The van der Waals surface area contributed by atoms with E-state index in [2.05, 4.69) is 0 Å². The molecule has 1 amide bonds. The van der Waals surface area contributed by atoms with Crippen LogP contribution in [0.5, 0.6) is 5.75 Å². The summed E-state index contributed by atoms with van der Waals surface area (Å²) < 4.78 is 11.6. The third kappa shape index (κ3) is 7.33. The predicted octanol–water partition coefficient (Wildman–Crippen LogP) is 4.69. The molecule has 1 saturated heterocycles. The van der Waals surface area contributed by atoms with Crippen LogP contribution in [0.15, 0.2) is 71.6 Å². The predicted molar refractivity (Wildman–Crippen MR) is 152 cm³/mol. The first-order chi connectivity index (χ1) is 18.7. The summed E-state index contributed by atoms with van der Waals surface area (Å²) in [5, 5.41) is 33.0. The molecule has 0 radical (unpaired) electrons. The van der Waals surface area contributed by atoms with Crippen LogP contribution in [0.1, 0.15) is 46.5 Å². The van der Waals surface area contributed by atoms with Gasteiger partial charge in [0.2, 0.25) is 0 Å². The second-order valence-corrected chi connectivity index (χ2v) is 11.3. The highest BCUT2D eigenvalue weighted by Gasteiger charge is 2.41. The molecule has 1 aliphatic rings. The molecule has 39 heavy (non-hydrogen) atoms. The SMILES string of the molecule is CCOc1ccc(Cc2cc([C@@H]3O[C@H](C(O)Sc4ccc(C(=O)N(C)C)cc4)[C@@H](O)C[C@H]3O)ccc2Cl)cc1. The number of aliphatic hydroxyl groups excluding tert-OH is 3. The summed E-state index contributed by atoms with van der Waals surface area (Å²) in [6, 6.07) is 20.2. The van der Waals surface area contributed by atoms with Gasteiger partial charge in [-0.1, -0.05) is 47.6 Å². The Labute approximate surface area is 238 Å². The molecular weight excluding hydrogens is 538 g/mol. The van der Waals surface area contributed by atoms with Crippen molar-refractivity contribution in [2.45, 2.75) is 54.5 Å². The fourth-order valence-electron chi connectivity index (χ4n) is 4.55. The number of hydrogen-bond donors (Lipinski definition) is 3. The average molecular weight is 572 g/mol. The van der Waals surface area contributed by atoms with Gasteiger partial charge in [0.1, 0.15) is 23.4 Å². The first-order valence-electron chi connectivity index (χ1n) is 12.8. The average Bonchev–Trinajstić information content (AvgIpc) is 2.91. The van der Waals surface area contributed by atoms with Crippen LogP contribution in [-0.4, -0.2) is 70.6 Å². The van der Waals surface area contributed by atoms with Crippen LogP contribution >= 0.6 is 23.4 Å². The highest BCUT2D eigenvalue weighted by molar-refractivity contribution is 7.99. The van der Waals surface area contributed by atoms with Gasteiger partial charge in [0.15, 0.2) is 0 Å². The molecule has 0 aliphatic carbocycles. The normalized spacial score (nSPS) is 21.8. The Kier molecular flexibility index (Phi) is 9.93. The van der Waals surface area contributed by atoms with Crippen LogP contribution in [0.2, 0.25) is 5.02 Å². The molecule has 3 N–H and O–H groups in total. The zero-order chi connectivity index (χ0) is 28.1. The Hall–Kier alpha value is -2.59. The van der Waals surface area contributed by atoms with E-state index in [-0.39, 0.29) is 12.3 Å². The first kappa shape index (κ1) is 29.4. The molecule has 0 saturated carbocycles. The van der Waals surface area contributed by atoms with Crippen LogP contribution < -0.4 is 4.74 Å². The Bertz CT molecular complexity index is 1250. The topological polar surface area (TPSA) is 99.5 Å². The van der Waals surface area contributed by atoms with Gasteiger partial charge in [-0.25, -0.2) is 0 Å². The van der Waals surface area contributed by atoms with Crippen molar-refractivity contribution in [3.05, 3.63) is 94.0 Å². The number of carbonyl (C=O) groups excluding carboxylic acids is 1. The van der Waals surface area contributed by atoms with Gasteiger partial charge in [0, 0.05) is 36.0 Å². The minimum atomic E-state index is -1.10. The number of halogens is 1. The van der Waals surface area contributed by atoms with E-state index in [0.29, 0.717) is 29.2 Å². The Morgan fingerprint density at radius 2 is 1.77 bits per heavy atom. The van der Waals surface area contributed by atoms with E-state index in [0.717, 1.165) is 33.5 Å². The van der Waals surface area contributed by atoms with Crippen LogP contribution in [-0.2, 0) is 11.2 Å². The van der Waals surface area contributed by atoms with E-state index in [1.165, 1.54) is 4.90 Å². The third-order valence-electron chi connectivity index (χ3n) is 6.59. The molecule has 4 rings (SSSR count). The van der Waals surface area contributed by atoms with Gasteiger partial charge in [-0.2, -0.15) is 0 Å². The van der Waals surface area contributed by atoms with Crippen molar-refractivity contribution < 1.29 is 29.6 Å². The summed E-state index contributed by atoms with van der Waals surface area (Å²) in [6.07, 6.45) is -3.05. The molecule has 1 unspecified atom stereocenters. The number of nitrogens with zero attached hydrogens (tertiary/aromatic N) is 1. The van der Waals surface area contributed by atoms with Gasteiger partial charge in [0.25, 0.3) is 5.91 Å². The van der Waals surface area contributed by atoms with Crippen molar-refractivity contribution >= 4 is 29.3 Å².